The van der Waals surface area contributed by atoms with E-state index in [0.29, 0.717) is 12.6 Å². The summed E-state index contributed by atoms with van der Waals surface area (Å²) in [7, 11) is 0. The highest BCUT2D eigenvalue weighted by molar-refractivity contribution is 9.10. The molecule has 0 aliphatic rings. The smallest absolute Gasteiger partial charge is 0.133 e. The van der Waals surface area contributed by atoms with Gasteiger partial charge in [0, 0.05) is 6.04 Å². The quantitative estimate of drug-likeness (QED) is 0.856. The molecule has 1 atom stereocenters. The third kappa shape index (κ3) is 3.80. The number of ether oxygens (including phenoxy) is 1. The van der Waals surface area contributed by atoms with Crippen LogP contribution in [0.3, 0.4) is 0 Å². The second kappa shape index (κ2) is 6.92. The van der Waals surface area contributed by atoms with Crippen LogP contribution in [0.15, 0.2) is 22.7 Å². The minimum atomic E-state index is 0.381. The number of hydrogen-bond donors (Lipinski definition) is 1. The van der Waals surface area contributed by atoms with Crippen molar-refractivity contribution >= 4 is 15.9 Å². The molecule has 0 aliphatic carbocycles. The number of halogens is 1. The summed E-state index contributed by atoms with van der Waals surface area (Å²) in [6.07, 6.45) is 1.16. The first kappa shape index (κ1) is 13.5. The van der Waals surface area contributed by atoms with Crippen LogP contribution in [0.25, 0.3) is 0 Å². The molecule has 3 heteroatoms. The molecule has 2 nitrogen and oxygen atoms in total. The average molecular weight is 286 g/mol. The molecule has 1 N–H and O–H groups in total. The molecule has 0 aromatic heterocycles. The summed E-state index contributed by atoms with van der Waals surface area (Å²) in [5, 5.41) is 3.47. The van der Waals surface area contributed by atoms with E-state index < -0.39 is 0 Å². The molecule has 1 rings (SSSR count). The Morgan fingerprint density at radius 3 is 2.69 bits per heavy atom. The van der Waals surface area contributed by atoms with Crippen molar-refractivity contribution in [1.29, 1.82) is 0 Å². The highest BCUT2D eigenvalue weighted by atomic mass is 79.9. The zero-order valence-corrected chi connectivity index (χ0v) is 11.8. The van der Waals surface area contributed by atoms with E-state index in [1.54, 1.807) is 0 Å². The van der Waals surface area contributed by atoms with Gasteiger partial charge >= 0.3 is 0 Å². The molecule has 0 aliphatic heterocycles. The Morgan fingerprint density at radius 2 is 2.12 bits per heavy atom. The average Bonchev–Trinajstić information content (AvgIpc) is 2.29. The van der Waals surface area contributed by atoms with Gasteiger partial charge in [-0.2, -0.15) is 0 Å². The lowest BCUT2D eigenvalue weighted by Gasteiger charge is -2.15. The van der Waals surface area contributed by atoms with Gasteiger partial charge in [-0.3, -0.25) is 0 Å². The summed E-state index contributed by atoms with van der Waals surface area (Å²) in [5.41, 5.74) is 1.28. The SMILES string of the molecule is CCCNC(C)c1ccc(OCC)c(Br)c1. The van der Waals surface area contributed by atoms with E-state index in [-0.39, 0.29) is 0 Å². The van der Waals surface area contributed by atoms with E-state index >= 15 is 0 Å². The summed E-state index contributed by atoms with van der Waals surface area (Å²) in [4.78, 5) is 0. The van der Waals surface area contributed by atoms with Crippen molar-refractivity contribution in [2.24, 2.45) is 0 Å². The van der Waals surface area contributed by atoms with Gasteiger partial charge in [0.15, 0.2) is 0 Å². The van der Waals surface area contributed by atoms with Gasteiger partial charge in [-0.25, -0.2) is 0 Å². The fraction of sp³-hybridized carbons (Fsp3) is 0.538. The summed E-state index contributed by atoms with van der Waals surface area (Å²) in [5.74, 6) is 0.911. The minimum absolute atomic E-state index is 0.381. The van der Waals surface area contributed by atoms with E-state index in [1.165, 1.54) is 5.56 Å². The van der Waals surface area contributed by atoms with Crippen LogP contribution in [0.1, 0.15) is 38.8 Å². The van der Waals surface area contributed by atoms with Gasteiger partial charge in [0.1, 0.15) is 5.75 Å². The molecule has 16 heavy (non-hydrogen) atoms. The van der Waals surface area contributed by atoms with Crippen LogP contribution < -0.4 is 10.1 Å². The van der Waals surface area contributed by atoms with Crippen LogP contribution >= 0.6 is 15.9 Å². The predicted octanol–water partition coefficient (Wildman–Crippen LogP) is 3.91. The second-order valence-electron chi connectivity index (χ2n) is 3.80. The molecule has 1 aromatic carbocycles. The van der Waals surface area contributed by atoms with Crippen molar-refractivity contribution in [3.63, 3.8) is 0 Å². The maximum atomic E-state index is 5.49. The van der Waals surface area contributed by atoms with Crippen LogP contribution in [0, 0.1) is 0 Å². The monoisotopic (exact) mass is 285 g/mol. The Labute approximate surface area is 107 Å². The maximum Gasteiger partial charge on any atom is 0.133 e. The first-order chi connectivity index (χ1) is 7.69. The number of hydrogen-bond acceptors (Lipinski definition) is 2. The molecule has 0 spiro atoms. The van der Waals surface area contributed by atoms with Crippen LogP contribution in [0.5, 0.6) is 5.75 Å². The van der Waals surface area contributed by atoms with E-state index in [9.17, 15) is 0 Å². The Morgan fingerprint density at radius 1 is 1.38 bits per heavy atom. The highest BCUT2D eigenvalue weighted by Gasteiger charge is 2.07. The normalized spacial score (nSPS) is 12.5. The Kier molecular flexibility index (Phi) is 5.85. The van der Waals surface area contributed by atoms with Crippen molar-refractivity contribution in [3.8, 4) is 5.75 Å². The van der Waals surface area contributed by atoms with Crippen molar-refractivity contribution in [3.05, 3.63) is 28.2 Å². The predicted molar refractivity (Wildman–Crippen MR) is 72.0 cm³/mol. The molecule has 90 valence electrons. The molecule has 0 saturated carbocycles. The number of benzene rings is 1. The standard InChI is InChI=1S/C13H20BrNO/c1-4-8-15-10(3)11-6-7-13(16-5-2)12(14)9-11/h6-7,9-10,15H,4-5,8H2,1-3H3. The molecular formula is C13H20BrNO. The molecule has 1 aromatic rings. The number of nitrogens with one attached hydrogen (secondary N) is 1. The zero-order valence-electron chi connectivity index (χ0n) is 10.2. The van der Waals surface area contributed by atoms with Crippen molar-refractivity contribution in [2.75, 3.05) is 13.2 Å². The molecule has 1 unspecified atom stereocenters. The zero-order chi connectivity index (χ0) is 12.0. The molecule has 0 bridgehead atoms. The Hall–Kier alpha value is -0.540. The molecule has 0 heterocycles. The lowest BCUT2D eigenvalue weighted by Crippen LogP contribution is -2.19. The highest BCUT2D eigenvalue weighted by Crippen LogP contribution is 2.28. The minimum Gasteiger partial charge on any atom is -0.493 e. The summed E-state index contributed by atoms with van der Waals surface area (Å²) in [6, 6.07) is 6.64. The van der Waals surface area contributed by atoms with E-state index in [0.717, 1.165) is 23.2 Å². The molecule has 0 fully saturated rings. The third-order valence-electron chi connectivity index (χ3n) is 2.46. The Balaban J connectivity index is 2.71. The summed E-state index contributed by atoms with van der Waals surface area (Å²) in [6.45, 7) is 8.09. The summed E-state index contributed by atoms with van der Waals surface area (Å²) >= 11 is 3.53. The van der Waals surface area contributed by atoms with Gasteiger partial charge in [-0.05, 0) is 60.4 Å². The Bertz CT molecular complexity index is 328. The van der Waals surface area contributed by atoms with Crippen LogP contribution in [-0.2, 0) is 0 Å². The molecular weight excluding hydrogens is 266 g/mol. The van der Waals surface area contributed by atoms with Gasteiger partial charge in [0.2, 0.25) is 0 Å². The van der Waals surface area contributed by atoms with Crippen LogP contribution in [-0.4, -0.2) is 13.2 Å². The van der Waals surface area contributed by atoms with Gasteiger partial charge in [-0.15, -0.1) is 0 Å². The molecule has 0 amide bonds. The lowest BCUT2D eigenvalue weighted by atomic mass is 10.1. The fourth-order valence-corrected chi connectivity index (χ4v) is 2.05. The van der Waals surface area contributed by atoms with Gasteiger partial charge in [-0.1, -0.05) is 13.0 Å². The van der Waals surface area contributed by atoms with E-state index in [2.05, 4.69) is 47.2 Å². The molecule has 0 radical (unpaired) electrons. The van der Waals surface area contributed by atoms with E-state index in [1.807, 2.05) is 13.0 Å². The first-order valence-electron chi connectivity index (χ1n) is 5.84. The van der Waals surface area contributed by atoms with Crippen molar-refractivity contribution in [1.82, 2.24) is 5.32 Å². The van der Waals surface area contributed by atoms with Crippen molar-refractivity contribution in [2.45, 2.75) is 33.2 Å². The van der Waals surface area contributed by atoms with E-state index in [4.69, 9.17) is 4.74 Å². The first-order valence-corrected chi connectivity index (χ1v) is 6.64. The maximum absolute atomic E-state index is 5.49. The second-order valence-corrected chi connectivity index (χ2v) is 4.65. The number of rotatable bonds is 6. The van der Waals surface area contributed by atoms with Gasteiger partial charge in [0.05, 0.1) is 11.1 Å². The van der Waals surface area contributed by atoms with Crippen LogP contribution in [0.2, 0.25) is 0 Å². The van der Waals surface area contributed by atoms with Gasteiger partial charge < -0.3 is 10.1 Å². The summed E-state index contributed by atoms with van der Waals surface area (Å²) < 4.78 is 6.51. The third-order valence-corrected chi connectivity index (χ3v) is 3.08. The van der Waals surface area contributed by atoms with Crippen molar-refractivity contribution < 1.29 is 4.74 Å². The van der Waals surface area contributed by atoms with Gasteiger partial charge in [0.25, 0.3) is 0 Å². The largest absolute Gasteiger partial charge is 0.493 e. The topological polar surface area (TPSA) is 21.3 Å². The fourth-order valence-electron chi connectivity index (χ4n) is 1.54. The van der Waals surface area contributed by atoms with Crippen LogP contribution in [0.4, 0.5) is 0 Å². The lowest BCUT2D eigenvalue weighted by molar-refractivity contribution is 0.338. The molecule has 0 saturated heterocycles.